The second-order valence-corrected chi connectivity index (χ2v) is 6.20. The maximum atomic E-state index is 10.9. The quantitative estimate of drug-likeness (QED) is 0.796. The fourth-order valence-electron chi connectivity index (χ4n) is 1.59. The monoisotopic (exact) mass is 278 g/mol. The summed E-state index contributed by atoms with van der Waals surface area (Å²) in [4.78, 5) is 10.9. The van der Waals surface area contributed by atoms with Crippen LogP contribution in [0.25, 0.3) is 0 Å². The molecule has 1 aromatic rings. The molecule has 0 saturated carbocycles. The molecule has 20 heavy (non-hydrogen) atoms. The molecule has 1 amide bonds. The summed E-state index contributed by atoms with van der Waals surface area (Å²) < 4.78 is 0. The van der Waals surface area contributed by atoms with Crippen LogP contribution in [-0.4, -0.2) is 11.4 Å². The molecule has 3 heteroatoms. The maximum Gasteiger partial charge on any atom is 0.221 e. The number of anilines is 1. The molecule has 3 nitrogen and oxygen atoms in total. The van der Waals surface area contributed by atoms with Crippen LogP contribution in [0.3, 0.4) is 0 Å². The molecule has 0 radical (unpaired) electrons. The molecule has 1 aromatic carbocycles. The minimum Gasteiger partial charge on any atom is -0.326 e. The molecule has 0 spiro atoms. The van der Waals surface area contributed by atoms with E-state index >= 15 is 0 Å². The van der Waals surface area contributed by atoms with E-state index in [-0.39, 0.29) is 11.4 Å². The van der Waals surface area contributed by atoms with Gasteiger partial charge in [0.05, 0.1) is 0 Å². The van der Waals surface area contributed by atoms with Gasteiger partial charge in [0, 0.05) is 18.2 Å². The van der Waals surface area contributed by atoms with Crippen LogP contribution in [0.4, 0.5) is 5.69 Å². The predicted octanol–water partition coefficient (Wildman–Crippen LogP) is 4.12. The van der Waals surface area contributed by atoms with Crippen molar-refractivity contribution in [3.8, 4) is 0 Å². The molecule has 0 saturated heterocycles. The van der Waals surface area contributed by atoms with Gasteiger partial charge in [-0.1, -0.05) is 31.9 Å². The zero-order chi connectivity index (χ0) is 15.6. The molecule has 0 aromatic heterocycles. The van der Waals surface area contributed by atoms with Gasteiger partial charge in [0.15, 0.2) is 0 Å². The fourth-order valence-corrected chi connectivity index (χ4v) is 1.59. The Hall–Kier alpha value is -1.35. The third-order valence-corrected chi connectivity index (χ3v) is 2.32. The fraction of sp³-hybridized carbons (Fsp3) is 0.588. The Morgan fingerprint density at radius 1 is 1.25 bits per heavy atom. The van der Waals surface area contributed by atoms with Crippen molar-refractivity contribution >= 4 is 11.6 Å². The lowest BCUT2D eigenvalue weighted by atomic mass is 10.1. The third kappa shape index (κ3) is 13.1. The molecule has 114 valence electrons. The average Bonchev–Trinajstić information content (AvgIpc) is 2.26. The van der Waals surface area contributed by atoms with Crippen molar-refractivity contribution in [3.63, 3.8) is 0 Å². The summed E-state index contributed by atoms with van der Waals surface area (Å²) in [6, 6.07) is 8.08. The maximum absolute atomic E-state index is 10.9. The lowest BCUT2D eigenvalue weighted by Gasteiger charge is -2.06. The number of amides is 1. The highest BCUT2D eigenvalue weighted by molar-refractivity contribution is 5.88. The Labute approximate surface area is 124 Å². The van der Waals surface area contributed by atoms with E-state index in [4.69, 9.17) is 5.73 Å². The van der Waals surface area contributed by atoms with Gasteiger partial charge in [-0.3, -0.25) is 4.79 Å². The molecule has 0 aliphatic rings. The molecule has 0 aliphatic carbocycles. The van der Waals surface area contributed by atoms with E-state index in [2.05, 4.69) is 24.4 Å². The molecular weight excluding hydrogens is 248 g/mol. The summed E-state index contributed by atoms with van der Waals surface area (Å²) in [6.07, 6.45) is 4.83. The zero-order valence-corrected chi connectivity index (χ0v) is 13.6. The molecule has 1 rings (SSSR count). The molecule has 3 N–H and O–H groups in total. The van der Waals surface area contributed by atoms with E-state index in [0.29, 0.717) is 0 Å². The normalized spacial score (nSPS) is 10.5. The summed E-state index contributed by atoms with van der Waals surface area (Å²) in [7, 11) is 0. The summed E-state index contributed by atoms with van der Waals surface area (Å²) in [5.41, 5.74) is 7.55. The topological polar surface area (TPSA) is 55.1 Å². The van der Waals surface area contributed by atoms with Crippen molar-refractivity contribution < 1.29 is 4.79 Å². The number of nitrogens with two attached hydrogens (primary N) is 1. The first-order valence-electron chi connectivity index (χ1n) is 7.37. The number of nitrogens with one attached hydrogen (secondary N) is 1. The summed E-state index contributed by atoms with van der Waals surface area (Å²) >= 11 is 0. The highest BCUT2D eigenvalue weighted by Gasteiger charge is 1.97. The van der Waals surface area contributed by atoms with Crippen LogP contribution in [0.1, 0.15) is 59.4 Å². The van der Waals surface area contributed by atoms with Crippen molar-refractivity contribution in [2.24, 2.45) is 5.73 Å². The first-order valence-corrected chi connectivity index (χ1v) is 7.37. The van der Waals surface area contributed by atoms with Crippen LogP contribution in [0.15, 0.2) is 24.3 Å². The number of hydrogen-bond acceptors (Lipinski definition) is 2. The Balaban J connectivity index is 0.000000621. The van der Waals surface area contributed by atoms with Gasteiger partial charge in [-0.05, 0) is 51.3 Å². The lowest BCUT2D eigenvalue weighted by molar-refractivity contribution is -0.114. The molecular formula is C17H30N2O. The average molecular weight is 278 g/mol. The van der Waals surface area contributed by atoms with E-state index in [1.807, 2.05) is 32.9 Å². The number of hydrogen-bond donors (Lipinski definition) is 2. The molecule has 0 aliphatic heterocycles. The van der Waals surface area contributed by atoms with Gasteiger partial charge >= 0.3 is 0 Å². The van der Waals surface area contributed by atoms with Gasteiger partial charge < -0.3 is 11.1 Å². The van der Waals surface area contributed by atoms with Gasteiger partial charge in [0.2, 0.25) is 5.91 Å². The van der Waals surface area contributed by atoms with Gasteiger partial charge in [-0.25, -0.2) is 0 Å². The summed E-state index contributed by atoms with van der Waals surface area (Å²) in [6.45, 7) is 9.63. The molecule has 0 atom stereocenters. The third-order valence-electron chi connectivity index (χ3n) is 2.32. The second-order valence-electron chi connectivity index (χ2n) is 6.20. The van der Waals surface area contributed by atoms with E-state index < -0.39 is 0 Å². The Morgan fingerprint density at radius 2 is 1.85 bits per heavy atom. The number of unbranched alkanes of at least 4 members (excludes halogenated alkanes) is 2. The second kappa shape index (κ2) is 9.54. The number of carbonyl (C=O) groups is 1. The molecule has 0 unspecified atom stereocenters. The Morgan fingerprint density at radius 3 is 2.35 bits per heavy atom. The van der Waals surface area contributed by atoms with Crippen LogP contribution in [0, 0.1) is 0 Å². The van der Waals surface area contributed by atoms with Crippen LogP contribution >= 0.6 is 0 Å². The van der Waals surface area contributed by atoms with E-state index in [9.17, 15) is 4.79 Å². The largest absolute Gasteiger partial charge is 0.326 e. The molecule has 0 heterocycles. The van der Waals surface area contributed by atoms with Crippen molar-refractivity contribution in [3.05, 3.63) is 29.8 Å². The lowest BCUT2D eigenvalue weighted by Crippen LogP contribution is -2.26. The number of carbonyl (C=O) groups excluding carboxylic acids is 1. The van der Waals surface area contributed by atoms with Gasteiger partial charge in [-0.2, -0.15) is 0 Å². The Kier molecular flexibility index (Phi) is 8.89. The van der Waals surface area contributed by atoms with Crippen molar-refractivity contribution in [1.29, 1.82) is 0 Å². The smallest absolute Gasteiger partial charge is 0.221 e. The summed E-state index contributed by atoms with van der Waals surface area (Å²) in [5, 5.41) is 2.80. The predicted molar refractivity (Wildman–Crippen MR) is 87.9 cm³/mol. The minimum absolute atomic E-state index is 0. The number of benzene rings is 1. The highest BCUT2D eigenvalue weighted by atomic mass is 16.1. The molecule has 0 fully saturated rings. The minimum atomic E-state index is -0.0132. The first kappa shape index (κ1) is 18.7. The first-order chi connectivity index (χ1) is 9.22. The van der Waals surface area contributed by atoms with Crippen molar-refractivity contribution in [1.82, 2.24) is 0 Å². The standard InChI is InChI=1S/C13H19NO.C4H11N/c1-3-4-5-7-12-8-6-9-13(10-12)14-11(2)15;1-4(2,3)5/h6,8-10H,3-5,7H2,1-2H3,(H,14,15);5H2,1-3H3. The van der Waals surface area contributed by atoms with E-state index in [1.54, 1.807) is 0 Å². The van der Waals surface area contributed by atoms with Gasteiger partial charge in [0.1, 0.15) is 0 Å². The highest BCUT2D eigenvalue weighted by Crippen LogP contribution is 2.13. The van der Waals surface area contributed by atoms with Crippen LogP contribution in [-0.2, 0) is 11.2 Å². The number of aryl methyl sites for hydroxylation is 1. The number of rotatable bonds is 5. The van der Waals surface area contributed by atoms with E-state index in [0.717, 1.165) is 12.1 Å². The van der Waals surface area contributed by atoms with Crippen LogP contribution in [0.2, 0.25) is 0 Å². The van der Waals surface area contributed by atoms with Crippen molar-refractivity contribution in [2.45, 2.75) is 65.8 Å². The van der Waals surface area contributed by atoms with Gasteiger partial charge in [0.25, 0.3) is 0 Å². The van der Waals surface area contributed by atoms with Crippen LogP contribution < -0.4 is 11.1 Å². The van der Waals surface area contributed by atoms with Crippen molar-refractivity contribution in [2.75, 3.05) is 5.32 Å². The zero-order valence-electron chi connectivity index (χ0n) is 13.6. The Bertz CT molecular complexity index is 388. The SMILES string of the molecule is CC(C)(C)N.CCCCCc1cccc(NC(C)=O)c1. The van der Waals surface area contributed by atoms with Crippen LogP contribution in [0.5, 0.6) is 0 Å². The van der Waals surface area contributed by atoms with Gasteiger partial charge in [-0.15, -0.1) is 0 Å². The molecule has 0 bridgehead atoms. The van der Waals surface area contributed by atoms with E-state index in [1.165, 1.54) is 31.7 Å². The summed E-state index contributed by atoms with van der Waals surface area (Å²) in [5.74, 6) is -0.0132.